The molecular formula is C21H21F7N2S. The van der Waals surface area contributed by atoms with E-state index in [1.54, 1.807) is 11.8 Å². The van der Waals surface area contributed by atoms with E-state index in [1.165, 1.54) is 24.3 Å². The number of rotatable bonds is 5. The maximum atomic E-state index is 14.5. The SMILES string of the molecule is Cc1cc(F)c(N2CCN(Cc3ccc(C(F)(F)F)cc3)CC2)cc1SCC(F)(F)F. The van der Waals surface area contributed by atoms with Gasteiger partial charge in [-0.15, -0.1) is 11.8 Å². The van der Waals surface area contributed by atoms with E-state index in [4.69, 9.17) is 0 Å². The third-order valence-electron chi connectivity index (χ3n) is 5.04. The van der Waals surface area contributed by atoms with Gasteiger partial charge in [0.15, 0.2) is 0 Å². The van der Waals surface area contributed by atoms with Gasteiger partial charge in [0.25, 0.3) is 0 Å². The number of alkyl halides is 6. The van der Waals surface area contributed by atoms with E-state index in [0.29, 0.717) is 54.9 Å². The summed E-state index contributed by atoms with van der Waals surface area (Å²) < 4.78 is 90.1. The highest BCUT2D eigenvalue weighted by Crippen LogP contribution is 2.34. The summed E-state index contributed by atoms with van der Waals surface area (Å²) in [7, 11) is 0. The Morgan fingerprint density at radius 1 is 0.903 bits per heavy atom. The van der Waals surface area contributed by atoms with Crippen molar-refractivity contribution in [2.45, 2.75) is 30.7 Å². The fourth-order valence-electron chi connectivity index (χ4n) is 3.40. The number of hydrogen-bond donors (Lipinski definition) is 0. The number of benzene rings is 2. The number of piperazine rings is 1. The van der Waals surface area contributed by atoms with E-state index in [0.717, 1.165) is 17.7 Å². The van der Waals surface area contributed by atoms with Gasteiger partial charge >= 0.3 is 12.4 Å². The number of anilines is 1. The summed E-state index contributed by atoms with van der Waals surface area (Å²) in [5, 5.41) is 0. The van der Waals surface area contributed by atoms with Crippen molar-refractivity contribution in [1.29, 1.82) is 0 Å². The van der Waals surface area contributed by atoms with Crippen molar-refractivity contribution in [2.75, 3.05) is 36.8 Å². The lowest BCUT2D eigenvalue weighted by molar-refractivity contribution is -0.137. The molecule has 10 heteroatoms. The lowest BCUT2D eigenvalue weighted by atomic mass is 10.1. The molecule has 1 aliphatic rings. The molecule has 2 aromatic rings. The molecule has 0 radical (unpaired) electrons. The lowest BCUT2D eigenvalue weighted by Gasteiger charge is -2.36. The van der Waals surface area contributed by atoms with Crippen LogP contribution in [0.2, 0.25) is 0 Å². The molecule has 0 unspecified atom stereocenters. The predicted octanol–water partition coefficient (Wildman–Crippen LogP) is 6.13. The smallest absolute Gasteiger partial charge is 0.367 e. The van der Waals surface area contributed by atoms with Gasteiger partial charge < -0.3 is 4.90 Å². The highest BCUT2D eigenvalue weighted by atomic mass is 32.2. The molecular weight excluding hydrogens is 445 g/mol. The summed E-state index contributed by atoms with van der Waals surface area (Å²) in [6.07, 6.45) is -8.69. The number of nitrogens with zero attached hydrogens (tertiary/aromatic N) is 2. The van der Waals surface area contributed by atoms with E-state index < -0.39 is 29.5 Å². The van der Waals surface area contributed by atoms with Crippen LogP contribution in [0.15, 0.2) is 41.3 Å². The molecule has 0 bridgehead atoms. The lowest BCUT2D eigenvalue weighted by Crippen LogP contribution is -2.46. The van der Waals surface area contributed by atoms with Gasteiger partial charge in [0.2, 0.25) is 0 Å². The first-order chi connectivity index (χ1) is 14.4. The van der Waals surface area contributed by atoms with E-state index in [9.17, 15) is 30.7 Å². The van der Waals surface area contributed by atoms with Crippen molar-refractivity contribution in [1.82, 2.24) is 4.90 Å². The Bertz CT molecular complexity index is 886. The molecule has 0 saturated carbocycles. The van der Waals surface area contributed by atoms with Crippen LogP contribution in [-0.4, -0.2) is 43.0 Å². The van der Waals surface area contributed by atoms with Gasteiger partial charge in [0.1, 0.15) is 5.82 Å². The first-order valence-electron chi connectivity index (χ1n) is 9.55. The Kier molecular flexibility index (Phi) is 7.10. The third kappa shape index (κ3) is 6.52. The average molecular weight is 466 g/mol. The Morgan fingerprint density at radius 3 is 2.06 bits per heavy atom. The van der Waals surface area contributed by atoms with Crippen molar-refractivity contribution in [3.05, 3.63) is 58.9 Å². The predicted molar refractivity (Wildman–Crippen MR) is 107 cm³/mol. The van der Waals surface area contributed by atoms with Crippen LogP contribution in [-0.2, 0) is 12.7 Å². The molecule has 31 heavy (non-hydrogen) atoms. The maximum absolute atomic E-state index is 14.5. The van der Waals surface area contributed by atoms with Crippen LogP contribution >= 0.6 is 11.8 Å². The van der Waals surface area contributed by atoms with Crippen molar-refractivity contribution < 1.29 is 30.7 Å². The van der Waals surface area contributed by atoms with Crippen LogP contribution in [0.25, 0.3) is 0 Å². The Morgan fingerprint density at radius 2 is 1.52 bits per heavy atom. The van der Waals surface area contributed by atoms with Gasteiger partial charge in [-0.25, -0.2) is 4.39 Å². The normalized spacial score (nSPS) is 16.1. The van der Waals surface area contributed by atoms with Crippen molar-refractivity contribution in [3.8, 4) is 0 Å². The third-order valence-corrected chi connectivity index (χ3v) is 6.26. The first kappa shape index (κ1) is 23.7. The molecule has 1 saturated heterocycles. The molecule has 0 amide bonds. The molecule has 1 heterocycles. The molecule has 0 spiro atoms. The number of hydrogen-bond acceptors (Lipinski definition) is 3. The number of aryl methyl sites for hydroxylation is 1. The molecule has 0 aliphatic carbocycles. The number of thioether (sulfide) groups is 1. The zero-order chi connectivity index (χ0) is 22.8. The fraction of sp³-hybridized carbons (Fsp3) is 0.429. The van der Waals surface area contributed by atoms with Crippen molar-refractivity contribution in [2.24, 2.45) is 0 Å². The molecule has 2 aromatic carbocycles. The zero-order valence-corrected chi connectivity index (χ0v) is 17.5. The van der Waals surface area contributed by atoms with Gasteiger partial charge in [-0.3, -0.25) is 4.90 Å². The minimum atomic E-state index is -4.38. The van der Waals surface area contributed by atoms with E-state index in [2.05, 4.69) is 0 Å². The average Bonchev–Trinajstić information content (AvgIpc) is 2.67. The summed E-state index contributed by atoms with van der Waals surface area (Å²) >= 11 is 0.637. The van der Waals surface area contributed by atoms with Gasteiger partial charge in [0.05, 0.1) is 17.0 Å². The molecule has 1 fully saturated rings. The van der Waals surface area contributed by atoms with Crippen LogP contribution in [0.5, 0.6) is 0 Å². The highest BCUT2D eigenvalue weighted by molar-refractivity contribution is 7.99. The molecule has 170 valence electrons. The van der Waals surface area contributed by atoms with Crippen LogP contribution in [0, 0.1) is 12.7 Å². The quantitative estimate of drug-likeness (QED) is 0.387. The van der Waals surface area contributed by atoms with E-state index >= 15 is 0 Å². The van der Waals surface area contributed by atoms with Gasteiger partial charge in [-0.1, -0.05) is 12.1 Å². The molecule has 0 atom stereocenters. The summed E-state index contributed by atoms with van der Waals surface area (Å²) in [6.45, 7) is 4.08. The van der Waals surface area contributed by atoms with Gasteiger partial charge in [-0.05, 0) is 42.3 Å². The summed E-state index contributed by atoms with van der Waals surface area (Å²) in [6, 6.07) is 7.70. The summed E-state index contributed by atoms with van der Waals surface area (Å²) in [4.78, 5) is 4.22. The van der Waals surface area contributed by atoms with Crippen LogP contribution in [0.1, 0.15) is 16.7 Å². The largest absolute Gasteiger partial charge is 0.416 e. The van der Waals surface area contributed by atoms with Crippen LogP contribution in [0.3, 0.4) is 0 Å². The van der Waals surface area contributed by atoms with Gasteiger partial charge in [0, 0.05) is 37.6 Å². The second-order valence-electron chi connectivity index (χ2n) is 7.43. The molecule has 2 nitrogen and oxygen atoms in total. The van der Waals surface area contributed by atoms with Crippen LogP contribution in [0.4, 0.5) is 36.4 Å². The Hall–Kier alpha value is -1.94. The highest BCUT2D eigenvalue weighted by Gasteiger charge is 2.30. The molecule has 0 N–H and O–H groups in total. The maximum Gasteiger partial charge on any atom is 0.416 e. The summed E-state index contributed by atoms with van der Waals surface area (Å²) in [5.41, 5.74) is 0.768. The zero-order valence-electron chi connectivity index (χ0n) is 16.7. The van der Waals surface area contributed by atoms with E-state index in [1.807, 2.05) is 4.90 Å². The standard InChI is InChI=1S/C21H21F7N2S/c1-14-10-17(22)18(11-19(14)31-13-20(23,24)25)30-8-6-29(7-9-30)12-15-2-4-16(5-3-15)21(26,27)28/h2-5,10-11H,6-9,12-13H2,1H3. The topological polar surface area (TPSA) is 6.48 Å². The molecule has 0 aromatic heterocycles. The van der Waals surface area contributed by atoms with Crippen molar-refractivity contribution in [3.63, 3.8) is 0 Å². The molecule has 3 rings (SSSR count). The van der Waals surface area contributed by atoms with Crippen molar-refractivity contribution >= 4 is 17.4 Å². The molecule has 1 aliphatic heterocycles. The first-order valence-corrected chi connectivity index (χ1v) is 10.5. The number of halogens is 7. The second-order valence-corrected chi connectivity index (χ2v) is 8.45. The Balaban J connectivity index is 1.61. The minimum Gasteiger partial charge on any atom is -0.367 e. The second kappa shape index (κ2) is 9.28. The fourth-order valence-corrected chi connectivity index (χ4v) is 4.20. The summed E-state index contributed by atoms with van der Waals surface area (Å²) in [5.74, 6) is -1.52. The van der Waals surface area contributed by atoms with E-state index in [-0.39, 0.29) is 5.69 Å². The minimum absolute atomic E-state index is 0.268. The monoisotopic (exact) mass is 466 g/mol. The Labute approximate surface area is 180 Å². The van der Waals surface area contributed by atoms with Gasteiger partial charge in [-0.2, -0.15) is 26.3 Å². The van der Waals surface area contributed by atoms with Crippen LogP contribution < -0.4 is 4.90 Å².